The van der Waals surface area contributed by atoms with Crippen molar-refractivity contribution in [2.75, 3.05) is 14.2 Å². The first-order valence-corrected chi connectivity index (χ1v) is 9.93. The van der Waals surface area contributed by atoms with Gasteiger partial charge in [0.1, 0.15) is 11.4 Å². The predicted molar refractivity (Wildman–Crippen MR) is 115 cm³/mol. The number of carbonyl (C=O) groups excluding carboxylic acids is 2. The second-order valence-electron chi connectivity index (χ2n) is 6.88. The van der Waals surface area contributed by atoms with Crippen LogP contribution in [-0.4, -0.2) is 45.6 Å². The summed E-state index contributed by atoms with van der Waals surface area (Å²) in [6.07, 6.45) is 1.45. The maximum absolute atomic E-state index is 12.9. The first-order valence-electron chi connectivity index (χ1n) is 9.14. The van der Waals surface area contributed by atoms with Gasteiger partial charge in [0.05, 0.1) is 29.3 Å². The Morgan fingerprint density at radius 1 is 0.967 bits per heavy atom. The Bertz CT molecular complexity index is 1330. The van der Waals surface area contributed by atoms with E-state index in [1.807, 2.05) is 48.5 Å². The monoisotopic (exact) mass is 462 g/mol. The Kier molecular flexibility index (Phi) is 4.18. The van der Waals surface area contributed by atoms with Gasteiger partial charge < -0.3 is 4.74 Å². The average molecular weight is 463 g/mol. The molecule has 30 heavy (non-hydrogen) atoms. The molecule has 0 atom stereocenters. The molecule has 0 radical (unpaired) electrons. The molecule has 4 aromatic rings. The summed E-state index contributed by atoms with van der Waals surface area (Å²) >= 11 is 3.44. The van der Waals surface area contributed by atoms with Crippen LogP contribution in [0.4, 0.5) is 0 Å². The number of nitrogens with zero attached hydrogens (tertiary/aromatic N) is 4. The van der Waals surface area contributed by atoms with Crippen LogP contribution in [0.15, 0.2) is 59.2 Å². The van der Waals surface area contributed by atoms with Crippen LogP contribution in [0.25, 0.3) is 28.0 Å². The van der Waals surface area contributed by atoms with Crippen LogP contribution < -0.4 is 4.74 Å². The quantitative estimate of drug-likeness (QED) is 0.428. The lowest BCUT2D eigenvalue weighted by molar-refractivity contribution is 0.0693. The minimum atomic E-state index is -0.360. The van der Waals surface area contributed by atoms with E-state index in [1.54, 1.807) is 11.8 Å². The van der Waals surface area contributed by atoms with Gasteiger partial charge in [0.25, 0.3) is 11.8 Å². The molecule has 3 heterocycles. The number of hydrogen-bond acceptors (Lipinski definition) is 5. The number of pyridine rings is 1. The minimum Gasteiger partial charge on any atom is -0.497 e. The molecule has 0 N–H and O–H groups in total. The van der Waals surface area contributed by atoms with Gasteiger partial charge in [-0.2, -0.15) is 5.10 Å². The van der Waals surface area contributed by atoms with Crippen LogP contribution in [0.1, 0.15) is 20.7 Å². The maximum atomic E-state index is 12.9. The second-order valence-corrected chi connectivity index (χ2v) is 7.80. The molecule has 0 bridgehead atoms. The summed E-state index contributed by atoms with van der Waals surface area (Å²) in [6.45, 7) is 0. The van der Waals surface area contributed by atoms with Crippen molar-refractivity contribution in [2.24, 2.45) is 0 Å². The van der Waals surface area contributed by atoms with Gasteiger partial charge in [-0.05, 0) is 48.5 Å². The predicted octanol–water partition coefficient (Wildman–Crippen LogP) is 4.08. The number of rotatable bonds is 3. The maximum Gasteiger partial charge on any atom is 0.262 e. The highest BCUT2D eigenvalue weighted by Gasteiger charge is 2.37. The lowest BCUT2D eigenvalue weighted by atomic mass is 10.0. The Labute approximate surface area is 180 Å². The SMILES string of the molecule is COc1ccc(-c2nn(-c3ccc(Br)cc3)c3ncc4c(c23)C(=O)N(C)C4=O)cc1. The number of benzene rings is 2. The van der Waals surface area contributed by atoms with Crippen molar-refractivity contribution < 1.29 is 14.3 Å². The van der Waals surface area contributed by atoms with E-state index in [0.29, 0.717) is 33.6 Å². The van der Waals surface area contributed by atoms with Crippen LogP contribution in [-0.2, 0) is 0 Å². The summed E-state index contributed by atoms with van der Waals surface area (Å²) in [5.41, 5.74) is 3.30. The zero-order valence-corrected chi connectivity index (χ0v) is 17.7. The van der Waals surface area contributed by atoms with E-state index < -0.39 is 0 Å². The van der Waals surface area contributed by atoms with Crippen molar-refractivity contribution in [3.8, 4) is 22.7 Å². The van der Waals surface area contributed by atoms with E-state index in [0.717, 1.165) is 20.6 Å². The zero-order valence-electron chi connectivity index (χ0n) is 16.1. The van der Waals surface area contributed by atoms with Gasteiger partial charge in [-0.15, -0.1) is 0 Å². The number of aromatic nitrogens is 3. The number of carbonyl (C=O) groups is 2. The number of halogens is 1. The van der Waals surface area contributed by atoms with Gasteiger partial charge in [-0.3, -0.25) is 14.5 Å². The highest BCUT2D eigenvalue weighted by Crippen LogP contribution is 2.36. The minimum absolute atomic E-state index is 0.292. The molecule has 0 saturated heterocycles. The van der Waals surface area contributed by atoms with Crippen molar-refractivity contribution in [1.82, 2.24) is 19.7 Å². The third-order valence-corrected chi connectivity index (χ3v) is 5.71. The van der Waals surface area contributed by atoms with Crippen molar-refractivity contribution >= 4 is 38.8 Å². The number of fused-ring (bicyclic) bond motifs is 3. The van der Waals surface area contributed by atoms with Gasteiger partial charge >= 0.3 is 0 Å². The molecule has 0 fully saturated rings. The van der Waals surface area contributed by atoms with Crippen molar-refractivity contribution in [3.63, 3.8) is 0 Å². The third-order valence-electron chi connectivity index (χ3n) is 5.18. The van der Waals surface area contributed by atoms with Crippen molar-refractivity contribution in [1.29, 1.82) is 0 Å². The molecular weight excluding hydrogens is 448 g/mol. The molecule has 2 amide bonds. The number of hydrogen-bond donors (Lipinski definition) is 0. The summed E-state index contributed by atoms with van der Waals surface area (Å²) in [6, 6.07) is 15.0. The van der Waals surface area contributed by atoms with Crippen molar-refractivity contribution in [3.05, 3.63) is 70.3 Å². The Morgan fingerprint density at radius 2 is 1.67 bits per heavy atom. The molecule has 5 rings (SSSR count). The molecule has 2 aromatic heterocycles. The number of amides is 2. The number of imide groups is 1. The highest BCUT2D eigenvalue weighted by molar-refractivity contribution is 9.10. The molecule has 0 saturated carbocycles. The number of methoxy groups -OCH3 is 1. The molecular formula is C22H15BrN4O3. The van der Waals surface area contributed by atoms with E-state index in [9.17, 15) is 9.59 Å². The summed E-state index contributed by atoms with van der Waals surface area (Å²) in [4.78, 5) is 31.0. The summed E-state index contributed by atoms with van der Waals surface area (Å²) in [7, 11) is 3.08. The van der Waals surface area contributed by atoms with Crippen LogP contribution in [0.5, 0.6) is 5.75 Å². The van der Waals surface area contributed by atoms with E-state index in [1.165, 1.54) is 13.2 Å². The normalized spacial score (nSPS) is 13.2. The molecule has 0 aliphatic carbocycles. The van der Waals surface area contributed by atoms with Gasteiger partial charge in [0, 0.05) is 23.3 Å². The largest absolute Gasteiger partial charge is 0.497 e. The highest BCUT2D eigenvalue weighted by atomic mass is 79.9. The smallest absolute Gasteiger partial charge is 0.262 e. The third kappa shape index (κ3) is 2.64. The fourth-order valence-corrected chi connectivity index (χ4v) is 3.89. The topological polar surface area (TPSA) is 77.3 Å². The van der Waals surface area contributed by atoms with Gasteiger partial charge in [0.2, 0.25) is 0 Å². The molecule has 0 spiro atoms. The van der Waals surface area contributed by atoms with Crippen LogP contribution in [0.2, 0.25) is 0 Å². The van der Waals surface area contributed by atoms with E-state index in [-0.39, 0.29) is 11.8 Å². The van der Waals surface area contributed by atoms with Crippen LogP contribution in [0.3, 0.4) is 0 Å². The molecule has 1 aliphatic rings. The molecule has 8 heteroatoms. The molecule has 2 aromatic carbocycles. The standard InChI is InChI=1S/C22H15BrN4O3/c1-26-21(28)16-11-24-20-18(17(16)22(26)29)19(12-3-9-15(30-2)10-4-12)25-27(20)14-7-5-13(23)6-8-14/h3-11H,1-2H3. The van der Waals surface area contributed by atoms with Gasteiger partial charge in [-0.1, -0.05) is 15.9 Å². The first-order chi connectivity index (χ1) is 14.5. The Morgan fingerprint density at radius 3 is 2.33 bits per heavy atom. The lowest BCUT2D eigenvalue weighted by Gasteiger charge is -2.04. The van der Waals surface area contributed by atoms with Crippen LogP contribution in [0, 0.1) is 0 Å². The summed E-state index contributed by atoms with van der Waals surface area (Å²) < 4.78 is 7.88. The van der Waals surface area contributed by atoms with E-state index in [4.69, 9.17) is 9.84 Å². The van der Waals surface area contributed by atoms with Crippen LogP contribution >= 0.6 is 15.9 Å². The molecule has 1 aliphatic heterocycles. The van der Waals surface area contributed by atoms with E-state index >= 15 is 0 Å². The Balaban J connectivity index is 1.85. The Hall–Kier alpha value is -3.52. The summed E-state index contributed by atoms with van der Waals surface area (Å²) in [5, 5.41) is 5.35. The fourth-order valence-electron chi connectivity index (χ4n) is 3.62. The number of ether oxygens (including phenoxy) is 1. The lowest BCUT2D eigenvalue weighted by Crippen LogP contribution is -2.24. The van der Waals surface area contributed by atoms with Gasteiger partial charge in [-0.25, -0.2) is 9.67 Å². The molecule has 7 nitrogen and oxygen atoms in total. The average Bonchev–Trinajstić information content (AvgIpc) is 3.26. The fraction of sp³-hybridized carbons (Fsp3) is 0.0909. The van der Waals surface area contributed by atoms with Gasteiger partial charge in [0.15, 0.2) is 5.65 Å². The van der Waals surface area contributed by atoms with Crippen molar-refractivity contribution in [2.45, 2.75) is 0 Å². The molecule has 148 valence electrons. The molecule has 0 unspecified atom stereocenters. The zero-order chi connectivity index (χ0) is 21.0. The van der Waals surface area contributed by atoms with E-state index in [2.05, 4.69) is 20.9 Å². The first kappa shape index (κ1) is 18.5. The second kappa shape index (κ2) is 6.77. The summed E-state index contributed by atoms with van der Waals surface area (Å²) in [5.74, 6) is -0.00118.